The zero-order valence-electron chi connectivity index (χ0n) is 37.0. The fraction of sp³-hybridized carbons (Fsp3) is 0.652. The number of nitrogens with one attached hydrogen (secondary N) is 6. The molecular formula is C46H65N13O5. The molecule has 1 aromatic carbocycles. The molecule has 7 atom stereocenters. The van der Waals surface area contributed by atoms with Crippen LogP contribution in [0.15, 0.2) is 48.6 Å². The largest absolute Gasteiger partial charge is 0.389 e. The second kappa shape index (κ2) is 17.9. The molecule has 4 amide bonds. The lowest BCUT2D eigenvalue weighted by molar-refractivity contribution is -0.146. The lowest BCUT2D eigenvalue weighted by atomic mass is 9.77. The summed E-state index contributed by atoms with van der Waals surface area (Å²) in [7, 11) is 0. The molecule has 344 valence electrons. The molecule has 0 aliphatic carbocycles. The predicted molar refractivity (Wildman–Crippen MR) is 240 cm³/mol. The van der Waals surface area contributed by atoms with Crippen molar-refractivity contribution in [1.29, 1.82) is 0 Å². The van der Waals surface area contributed by atoms with Crippen LogP contribution in [0.5, 0.6) is 0 Å². The Morgan fingerprint density at radius 3 is 2.42 bits per heavy atom. The Balaban J connectivity index is 0.681. The molecule has 1 aromatic heterocycles. The van der Waals surface area contributed by atoms with Gasteiger partial charge in [0.1, 0.15) is 12.3 Å². The summed E-state index contributed by atoms with van der Waals surface area (Å²) in [6.07, 6.45) is 14.3. The fourth-order valence-corrected chi connectivity index (χ4v) is 11.7. The minimum atomic E-state index is -0.809. The van der Waals surface area contributed by atoms with Gasteiger partial charge in [0.05, 0.1) is 30.4 Å². The van der Waals surface area contributed by atoms with Crippen LogP contribution < -0.4 is 41.7 Å². The summed E-state index contributed by atoms with van der Waals surface area (Å²) in [5.74, 6) is -0.591. The van der Waals surface area contributed by atoms with E-state index in [4.69, 9.17) is 0 Å². The van der Waals surface area contributed by atoms with E-state index in [0.717, 1.165) is 102 Å². The molecule has 7 fully saturated rings. The van der Waals surface area contributed by atoms with Gasteiger partial charge in [0.15, 0.2) is 11.5 Å². The number of aromatic nitrogens is 2. The van der Waals surface area contributed by atoms with E-state index < -0.39 is 23.5 Å². The average Bonchev–Trinajstić information content (AvgIpc) is 3.84. The summed E-state index contributed by atoms with van der Waals surface area (Å²) in [5, 5.41) is 43.7. The maximum atomic E-state index is 13.8. The first-order valence-electron chi connectivity index (χ1n) is 23.8. The molecule has 2 aromatic rings. The lowest BCUT2D eigenvalue weighted by Gasteiger charge is -2.47. The molecule has 64 heavy (non-hydrogen) atoms. The van der Waals surface area contributed by atoms with Crippen LogP contribution in [-0.4, -0.2) is 149 Å². The number of hydrogen-bond donors (Lipinski definition) is 7. The highest BCUT2D eigenvalue weighted by atomic mass is 16.3. The van der Waals surface area contributed by atoms with Crippen LogP contribution in [0.2, 0.25) is 0 Å². The minimum Gasteiger partial charge on any atom is -0.389 e. The number of carbonyl (C=O) groups is 4. The first-order chi connectivity index (χ1) is 31.0. The molecule has 0 saturated carbocycles. The average molecular weight is 880 g/mol. The number of likely N-dealkylation sites (tertiary alicyclic amines) is 1. The number of rotatable bonds is 7. The van der Waals surface area contributed by atoms with Crippen LogP contribution in [0.3, 0.4) is 0 Å². The molecule has 18 heteroatoms. The Morgan fingerprint density at radius 2 is 1.66 bits per heavy atom. The van der Waals surface area contributed by atoms with Crippen LogP contribution in [0, 0.1) is 11.3 Å². The van der Waals surface area contributed by atoms with Crippen LogP contribution in [-0.2, 0) is 14.4 Å². The number of allylic oxidation sites excluding steroid dienone is 1. The van der Waals surface area contributed by atoms with Crippen molar-refractivity contribution in [2.45, 2.75) is 126 Å². The molecule has 7 N–H and O–H groups in total. The van der Waals surface area contributed by atoms with Gasteiger partial charge in [0.25, 0.3) is 5.91 Å². The number of hydrogen-bond acceptors (Lipinski definition) is 15. The van der Waals surface area contributed by atoms with Crippen LogP contribution in [0.25, 0.3) is 0 Å². The van der Waals surface area contributed by atoms with E-state index in [2.05, 4.69) is 98.2 Å². The number of fused-ring (bicyclic) bond motifs is 6. The van der Waals surface area contributed by atoms with E-state index in [1.807, 2.05) is 18.0 Å². The Morgan fingerprint density at radius 1 is 0.859 bits per heavy atom. The summed E-state index contributed by atoms with van der Waals surface area (Å²) in [6.45, 7) is 9.21. The third-order valence-corrected chi connectivity index (χ3v) is 15.7. The van der Waals surface area contributed by atoms with E-state index in [9.17, 15) is 24.3 Å². The Hall–Kier alpha value is -4.72. The smallest absolute Gasteiger partial charge is 0.272 e. The third kappa shape index (κ3) is 8.84. The Bertz CT molecular complexity index is 2070. The summed E-state index contributed by atoms with van der Waals surface area (Å²) in [6, 6.07) is 12.1. The van der Waals surface area contributed by atoms with Gasteiger partial charge in [-0.05, 0) is 126 Å². The topological polar surface area (TPSA) is 203 Å². The number of imide groups is 1. The highest BCUT2D eigenvalue weighted by molar-refractivity contribution is 6.03. The Labute approximate surface area is 375 Å². The van der Waals surface area contributed by atoms with Crippen LogP contribution in [0.1, 0.15) is 94.5 Å². The number of nitrogens with zero attached hydrogens (tertiary/aromatic N) is 7. The number of anilines is 3. The number of carbonyl (C=O) groups excluding carboxylic acids is 4. The van der Waals surface area contributed by atoms with E-state index >= 15 is 0 Å². The first kappa shape index (κ1) is 43.2. The van der Waals surface area contributed by atoms with E-state index in [-0.39, 0.29) is 60.9 Å². The SMILES string of the molecule is C[C@@]1(O)CC/C=C\CN2C(=O)C3CNC(Nc4ccc(N5CCC(N6CCC7(CCN(c8ccc(C(=O)NC9CCC(=O)NC9=O)nn8)CC7)C6)CC5)cc4)NC3N2C2CCCC1N2. The van der Waals surface area contributed by atoms with Crippen molar-refractivity contribution in [2.75, 3.05) is 67.5 Å². The second-order valence-corrected chi connectivity index (χ2v) is 19.8. The molecule has 18 nitrogen and oxygen atoms in total. The standard InChI is InChI=1S/C46H65N13O5/c1-45(64)18-3-2-4-22-58-43(63)33-28-47-44(52-40(33)59(58)37-7-5-6-36(45)50-37)48-30-8-10-31(11-9-30)55-23-16-32(17-24-55)57-27-21-46(29-57)19-25-56(26-20-46)38-14-12-35(53-54-38)42(62)49-34-13-15-39(60)51-41(34)61/h2,4,8-12,14,32-34,36-37,40,44,47-48,50,52,64H,3,5-7,13,15-29H2,1H3,(H,49,62)(H,51,60,61)/b4-2-/t33?,34?,36?,37?,40?,44?,45-/m1/s1. The van der Waals surface area contributed by atoms with Crippen molar-refractivity contribution < 1.29 is 24.3 Å². The van der Waals surface area contributed by atoms with Crippen molar-refractivity contribution in [2.24, 2.45) is 11.3 Å². The van der Waals surface area contributed by atoms with Gasteiger partial charge in [-0.1, -0.05) is 12.2 Å². The highest BCUT2D eigenvalue weighted by Gasteiger charge is 2.53. The van der Waals surface area contributed by atoms with E-state index in [0.29, 0.717) is 31.0 Å². The summed E-state index contributed by atoms with van der Waals surface area (Å²) in [4.78, 5) is 57.6. The van der Waals surface area contributed by atoms with Crippen LogP contribution >= 0.6 is 0 Å². The van der Waals surface area contributed by atoms with E-state index in [1.165, 1.54) is 12.1 Å². The van der Waals surface area contributed by atoms with Gasteiger partial charge in [-0.2, -0.15) is 5.01 Å². The summed E-state index contributed by atoms with van der Waals surface area (Å²) < 4.78 is 0. The molecule has 0 radical (unpaired) electrons. The molecule has 9 heterocycles. The van der Waals surface area contributed by atoms with Gasteiger partial charge in [-0.15, -0.1) is 10.2 Å². The molecule has 10 rings (SSSR count). The lowest BCUT2D eigenvalue weighted by Crippen LogP contribution is -2.69. The van der Waals surface area contributed by atoms with Crippen LogP contribution in [0.4, 0.5) is 17.2 Å². The Kier molecular flexibility index (Phi) is 12.1. The van der Waals surface area contributed by atoms with Crippen molar-refractivity contribution >= 4 is 40.8 Å². The quantitative estimate of drug-likeness (QED) is 0.156. The molecule has 7 saturated heterocycles. The fourth-order valence-electron chi connectivity index (χ4n) is 11.7. The predicted octanol–water partition coefficient (Wildman–Crippen LogP) is 1.43. The molecule has 6 unspecified atom stereocenters. The van der Waals surface area contributed by atoms with Gasteiger partial charge in [-0.25, -0.2) is 0 Å². The molecule has 2 bridgehead atoms. The monoisotopic (exact) mass is 880 g/mol. The van der Waals surface area contributed by atoms with Crippen molar-refractivity contribution in [1.82, 2.24) is 51.7 Å². The zero-order valence-corrected chi connectivity index (χ0v) is 37.0. The number of piperidine rings is 4. The minimum absolute atomic E-state index is 0.0208. The third-order valence-electron chi connectivity index (χ3n) is 15.7. The van der Waals surface area contributed by atoms with Gasteiger partial charge in [0, 0.05) is 69.1 Å². The molecular weight excluding hydrogens is 815 g/mol. The maximum Gasteiger partial charge on any atom is 0.272 e. The molecule has 1 spiro atoms. The number of amides is 4. The number of hydrazine groups is 1. The first-order valence-corrected chi connectivity index (χ1v) is 23.8. The van der Waals surface area contributed by atoms with Gasteiger partial charge in [-0.3, -0.25) is 50.4 Å². The number of aliphatic hydroxyl groups is 1. The van der Waals surface area contributed by atoms with E-state index in [1.54, 1.807) is 6.07 Å². The van der Waals surface area contributed by atoms with Gasteiger partial charge in [0.2, 0.25) is 17.7 Å². The van der Waals surface area contributed by atoms with Crippen molar-refractivity contribution in [3.05, 3.63) is 54.2 Å². The molecule has 8 aliphatic rings. The summed E-state index contributed by atoms with van der Waals surface area (Å²) >= 11 is 0. The van der Waals surface area contributed by atoms with Gasteiger partial charge >= 0.3 is 0 Å². The highest BCUT2D eigenvalue weighted by Crippen LogP contribution is 2.43. The second-order valence-electron chi connectivity index (χ2n) is 19.8. The van der Waals surface area contributed by atoms with Gasteiger partial charge < -0.3 is 25.5 Å². The maximum absolute atomic E-state index is 13.8. The normalized spacial score (nSPS) is 33.3. The van der Waals surface area contributed by atoms with Crippen molar-refractivity contribution in [3.8, 4) is 0 Å². The summed E-state index contributed by atoms with van der Waals surface area (Å²) in [5.41, 5.74) is 1.92. The number of benzene rings is 1. The zero-order chi connectivity index (χ0) is 44.0. The van der Waals surface area contributed by atoms with Crippen molar-refractivity contribution in [3.63, 3.8) is 0 Å². The molecule has 8 aliphatic heterocycles.